The summed E-state index contributed by atoms with van der Waals surface area (Å²) in [6.45, 7) is 0.0681. The van der Waals surface area contributed by atoms with Gasteiger partial charge in [-0.3, -0.25) is 62.7 Å². The third-order valence-corrected chi connectivity index (χ3v) is 24.3. The zero-order chi connectivity index (χ0) is 81.6. The van der Waals surface area contributed by atoms with Gasteiger partial charge in [-0.1, -0.05) is 22.0 Å². The number of halogens is 7. The van der Waals surface area contributed by atoms with Crippen LogP contribution in [-0.2, 0) is 9.53 Å². The van der Waals surface area contributed by atoms with E-state index in [9.17, 15) is 45.9 Å². The lowest BCUT2D eigenvalue weighted by atomic mass is 9.82. The summed E-state index contributed by atoms with van der Waals surface area (Å²) < 4.78 is 79.9. The highest BCUT2D eigenvalue weighted by molar-refractivity contribution is 9.10. The van der Waals surface area contributed by atoms with Gasteiger partial charge in [0.25, 0.3) is 11.8 Å². The third kappa shape index (κ3) is 16.3. The molecule has 37 heteroatoms. The molecule has 10 atom stereocenters. The normalized spacial score (nSPS) is 21.6. The maximum Gasteiger partial charge on any atom is 0.489 e. The molecule has 6 N–H and O–H groups in total. The van der Waals surface area contributed by atoms with Crippen molar-refractivity contribution >= 4 is 90.9 Å². The van der Waals surface area contributed by atoms with Gasteiger partial charge in [-0.15, -0.1) is 20.4 Å². The van der Waals surface area contributed by atoms with Crippen LogP contribution in [0.25, 0.3) is 56.7 Å². The van der Waals surface area contributed by atoms with Crippen LogP contribution in [0.5, 0.6) is 0 Å². The molecule has 1 saturated heterocycles. The number of rotatable bonds is 12. The van der Waals surface area contributed by atoms with Crippen molar-refractivity contribution in [1.29, 1.82) is 0 Å². The van der Waals surface area contributed by atoms with Gasteiger partial charge < -0.3 is 44.9 Å². The molecule has 12 aromatic rings. The van der Waals surface area contributed by atoms with Crippen molar-refractivity contribution in [2.75, 3.05) is 19.0 Å². The molecule has 0 aromatic carbocycles. The largest absolute Gasteiger partial charge is 0.489 e. The van der Waals surface area contributed by atoms with Gasteiger partial charge in [0.1, 0.15) is 79.6 Å². The van der Waals surface area contributed by atoms with E-state index in [1.807, 2.05) is 6.07 Å². The van der Waals surface area contributed by atoms with Crippen LogP contribution in [0.3, 0.4) is 0 Å². The van der Waals surface area contributed by atoms with Gasteiger partial charge >= 0.3 is 7.12 Å². The van der Waals surface area contributed by atoms with Crippen LogP contribution in [0.1, 0.15) is 192 Å². The van der Waals surface area contributed by atoms with E-state index in [-0.39, 0.29) is 87.3 Å². The van der Waals surface area contributed by atoms with Crippen molar-refractivity contribution in [3.8, 4) is 45.4 Å². The predicted molar refractivity (Wildman–Crippen MR) is 422 cm³/mol. The van der Waals surface area contributed by atoms with E-state index in [1.165, 1.54) is 153 Å². The van der Waals surface area contributed by atoms with E-state index in [4.69, 9.17) is 36.2 Å². The number of primary amides is 2. The molecule has 5 aliphatic carbocycles. The third-order valence-electron chi connectivity index (χ3n) is 23.0. The molecule has 0 spiro atoms. The molecule has 17 heterocycles. The summed E-state index contributed by atoms with van der Waals surface area (Å²) in [6, 6.07) is 23.5. The average molecular weight is 1720 g/mol. The number of carbonyl (C=O) groups excluding carboxylic acids is 5. The van der Waals surface area contributed by atoms with E-state index < -0.39 is 30.6 Å². The lowest BCUT2D eigenvalue weighted by molar-refractivity contribution is -0.133. The second-order valence-corrected chi connectivity index (χ2v) is 31.5. The molecular weight excluding hydrogens is 1650 g/mol. The van der Waals surface area contributed by atoms with Crippen molar-refractivity contribution < 1.29 is 60.7 Å². The molecular formula is C80H75BBr2F5N21O8. The Morgan fingerprint density at radius 3 is 1.50 bits per heavy atom. The Morgan fingerprint density at radius 1 is 0.504 bits per heavy atom. The second-order valence-electron chi connectivity index (χ2n) is 30.1. The molecule has 10 aliphatic rings. The minimum atomic E-state index is -1.61. The number of nitrogens with zero attached hydrogens (tertiary/aromatic N) is 19. The smallest absolute Gasteiger partial charge is 0.484 e. The van der Waals surface area contributed by atoms with Crippen LogP contribution in [-0.4, -0.2) is 171 Å². The van der Waals surface area contributed by atoms with Crippen LogP contribution < -0.4 is 16.9 Å². The average Bonchev–Trinajstić information content (AvgIpc) is 1.57. The van der Waals surface area contributed by atoms with Gasteiger partial charge in [0.05, 0.1) is 78.8 Å². The Kier molecular flexibility index (Phi) is 22.7. The summed E-state index contributed by atoms with van der Waals surface area (Å²) in [6.07, 6.45) is 28.4. The maximum atomic E-state index is 13.4. The number of hydrogen-bond donors (Lipinski definition) is 4. The quantitative estimate of drug-likeness (QED) is 0.0382. The fraction of sp³-hybridized carbons (Fsp3) is 0.350. The lowest BCUT2D eigenvalue weighted by Crippen LogP contribution is -2.40. The minimum absolute atomic E-state index is 0.0486. The van der Waals surface area contributed by atoms with Crippen LogP contribution in [0.15, 0.2) is 144 Å². The zero-order valence-electron chi connectivity index (χ0n) is 62.7. The molecule has 600 valence electrons. The number of aliphatic imine (C=N–C) groups is 1. The number of ether oxygens (including phenoxy) is 1. The van der Waals surface area contributed by atoms with Crippen LogP contribution in [0, 0.1) is 40.9 Å². The summed E-state index contributed by atoms with van der Waals surface area (Å²) in [4.78, 5) is 97.5. The van der Waals surface area contributed by atoms with Gasteiger partial charge in [0.2, 0.25) is 17.6 Å². The van der Waals surface area contributed by atoms with Crippen molar-refractivity contribution in [2.45, 2.75) is 144 Å². The number of methoxy groups -OCH3 is 1. The van der Waals surface area contributed by atoms with E-state index in [0.29, 0.717) is 70.5 Å². The Hall–Kier alpha value is -11.6. The van der Waals surface area contributed by atoms with E-state index in [0.717, 1.165) is 101 Å². The van der Waals surface area contributed by atoms with E-state index in [2.05, 4.69) is 107 Å². The van der Waals surface area contributed by atoms with Gasteiger partial charge in [0.15, 0.2) is 28.8 Å². The number of pyridine rings is 7. The Labute approximate surface area is 681 Å². The van der Waals surface area contributed by atoms with Gasteiger partial charge in [-0.2, -0.15) is 0 Å². The van der Waals surface area contributed by atoms with Gasteiger partial charge in [-0.05, 0) is 197 Å². The molecule has 10 unspecified atom stereocenters. The highest BCUT2D eigenvalue weighted by Crippen LogP contribution is 2.54. The number of ketones is 2. The second kappa shape index (κ2) is 33.6. The molecule has 12 aromatic heterocycles. The van der Waals surface area contributed by atoms with Gasteiger partial charge in [0, 0.05) is 77.9 Å². The number of aromatic nitrogens is 17. The van der Waals surface area contributed by atoms with Crippen molar-refractivity contribution in [2.24, 2.45) is 28.3 Å². The maximum absolute atomic E-state index is 13.4. The first kappa shape index (κ1) is 79.3. The van der Waals surface area contributed by atoms with Gasteiger partial charge in [-0.25, -0.2) is 36.9 Å². The summed E-state index contributed by atoms with van der Waals surface area (Å²) in [5, 5.41) is 33.2. The standard InChI is InChI=1S/C20H16FN7O.C13H11BrFN3.C13H12FN3.C13H13FN2O2.C7H7BN4O3.C7H5BrFNO.C7H11NO/c21-12-3-5-14(23-8-12)16-17(28-13-4-1-10(7-13)19(28)24-16)11-2-6-15-25-26-20(18(22)29)27(15)9-11;14-12-11(10-4-2-8(15)6-16-10)17-13-7-1-3-9(5-7)18(12)13;14-9-2-4-11(15-6-9)12-7-17-10-3-1-8(5-10)13(17)16-12;14-9-2-4-11(15-6-9)12(17)7-16-10-3-1-8(5-10)13(16)18;9-6(13)7-11-10-5-2-1-4(8(14)15)3-12(5)7;8-3-7(11)6-2-1-5(9)4-10-6;1-9-7-5-2-3-6(4-5)8-7/h2-3,5-6,8-10,13H,1,4,7H2,(H2,22,29);2,4,6-7,9H,1,3,5H2;2,4,6-8,10H,1,3,5H2;2,4,6,8,10H,1,3,5,7H2;1-3,14-15H,(H2,9,13);1-2,4H,3H2;5-6H,2-4H2,1H3. The molecule has 6 fully saturated rings. The first-order valence-electron chi connectivity index (χ1n) is 38.3. The monoisotopic (exact) mass is 1720 g/mol. The minimum Gasteiger partial charge on any atom is -0.484 e. The Morgan fingerprint density at radius 2 is 1.00 bits per heavy atom. The number of carbonyl (C=O) groups is 5. The molecule has 117 heavy (non-hydrogen) atoms. The first-order valence-corrected chi connectivity index (χ1v) is 40.2. The molecule has 5 saturated carbocycles. The lowest BCUT2D eigenvalue weighted by Gasteiger charge is -2.26. The highest BCUT2D eigenvalue weighted by Gasteiger charge is 2.46. The molecule has 22 rings (SSSR count). The summed E-state index contributed by atoms with van der Waals surface area (Å²) >= 11 is 6.61. The SMILES string of the molecule is COC1=NC2CCC1C2.Fc1ccc(-c2cn3c(n2)C2CCC3C2)nc1.Fc1ccc(-c2nc3n(c2Br)C2CCC3C2)nc1.NC(=O)c1nnc2ccc(-c3c(-c4ccc(F)cn4)nc4n3C3CCC4C3)cn12.NC(=O)c1nnc2ccc(B(O)O)cn12.O=C(CBr)c1ccc(F)cn1.O=C(CN1C(=O)C2CCC1C2)c1ccc(F)cn1. The predicted octanol–water partition coefficient (Wildman–Crippen LogP) is 11.2. The summed E-state index contributed by atoms with van der Waals surface area (Å²) in [5.74, 6) is 3.33. The fourth-order valence-corrected chi connectivity index (χ4v) is 18.5. The Bertz CT molecular complexity index is 5770. The number of Topliss-reactive ketones (excluding diaryl/α,β-unsaturated/α-hetero) is 2. The van der Waals surface area contributed by atoms with E-state index in [1.54, 1.807) is 46.9 Å². The summed E-state index contributed by atoms with van der Waals surface area (Å²) in [7, 11) is 0.108. The molecule has 3 amide bonds. The fourth-order valence-electron chi connectivity index (χ4n) is 17.5. The number of hydrogen-bond acceptors (Lipinski definition) is 21. The number of amides is 3. The molecule has 5 aliphatic heterocycles. The molecule has 29 nitrogen and oxygen atoms in total. The summed E-state index contributed by atoms with van der Waals surface area (Å²) in [5.41, 5.74) is 18.5. The van der Waals surface area contributed by atoms with Crippen molar-refractivity contribution in [3.05, 3.63) is 209 Å². The number of nitrogens with two attached hydrogens (primary N) is 2. The molecule has 0 radical (unpaired) electrons. The number of likely N-dealkylation sites (tertiary alicyclic amines) is 1. The zero-order valence-corrected chi connectivity index (χ0v) is 65.9. The van der Waals surface area contributed by atoms with E-state index >= 15 is 0 Å². The van der Waals surface area contributed by atoms with Crippen molar-refractivity contribution in [3.63, 3.8) is 0 Å². The van der Waals surface area contributed by atoms with Crippen LogP contribution in [0.4, 0.5) is 22.0 Å². The number of piperidine rings is 1. The molecule has 10 bridgehead atoms. The highest BCUT2D eigenvalue weighted by atomic mass is 79.9. The number of alkyl halides is 1. The topological polar surface area (TPSA) is 381 Å². The van der Waals surface area contributed by atoms with Crippen molar-refractivity contribution in [1.82, 2.24) is 87.7 Å². The van der Waals surface area contributed by atoms with Crippen LogP contribution in [0.2, 0.25) is 0 Å². The number of imidazole rings is 3. The number of fused-ring (bicyclic) bond motifs is 21. The first-order chi connectivity index (χ1) is 56.5. The Balaban J connectivity index is 0.000000105. The van der Waals surface area contributed by atoms with Crippen LogP contribution >= 0.6 is 31.9 Å².